The number of fused-ring (bicyclic) bond motifs is 1. The van der Waals surface area contributed by atoms with E-state index in [1.807, 2.05) is 0 Å². The Labute approximate surface area is 172 Å². The van der Waals surface area contributed by atoms with Crippen LogP contribution in [0.2, 0.25) is 0 Å². The first-order valence-corrected chi connectivity index (χ1v) is 11.8. The van der Waals surface area contributed by atoms with Crippen LogP contribution in [0.15, 0.2) is 32.7 Å². The molecule has 2 aliphatic heterocycles. The summed E-state index contributed by atoms with van der Waals surface area (Å²) in [5, 5.41) is 2.29. The van der Waals surface area contributed by atoms with E-state index in [4.69, 9.17) is 4.42 Å². The first-order valence-electron chi connectivity index (χ1n) is 9.53. The lowest BCUT2D eigenvalue weighted by Gasteiger charge is -2.25. The average molecular weight is 439 g/mol. The number of imide groups is 1. The average Bonchev–Trinajstić information content (AvgIpc) is 3.32. The second-order valence-electron chi connectivity index (χ2n) is 7.06. The molecule has 29 heavy (non-hydrogen) atoms. The predicted octanol–water partition coefficient (Wildman–Crippen LogP) is 2.03. The summed E-state index contributed by atoms with van der Waals surface area (Å²) in [6.45, 7) is 3.53. The van der Waals surface area contributed by atoms with E-state index in [2.05, 4.69) is 10.3 Å². The molecule has 0 aliphatic carbocycles. The van der Waals surface area contributed by atoms with E-state index in [9.17, 15) is 18.0 Å². The number of hydrogen-bond donors (Lipinski definition) is 1. The first kappa shape index (κ1) is 20.2. The fraction of sp³-hybridized carbons (Fsp3) is 0.500. The number of sulfonamides is 1. The molecule has 3 heterocycles. The van der Waals surface area contributed by atoms with Crippen molar-refractivity contribution in [2.45, 2.75) is 41.6 Å². The van der Waals surface area contributed by atoms with Crippen molar-refractivity contribution < 1.29 is 22.4 Å². The number of hydrogen-bond acceptors (Lipinski definition) is 7. The number of rotatable bonds is 5. The Bertz CT molecular complexity index is 1050. The van der Waals surface area contributed by atoms with Crippen LogP contribution in [-0.4, -0.2) is 66.0 Å². The standard InChI is InChI=1S/C18H22N4O5S2/c1-12(16(23)22-10-7-19-17(22)24)28-18-20-14-11-13(5-6-15(14)27-18)29(25,26)21-8-3-2-4-9-21/h5-6,11-12H,2-4,7-10H2,1H3,(H,19,24)/t12-/m1/s1. The smallest absolute Gasteiger partial charge is 0.324 e. The number of oxazole rings is 1. The molecule has 2 fully saturated rings. The molecule has 4 rings (SSSR count). The monoisotopic (exact) mass is 438 g/mol. The summed E-state index contributed by atoms with van der Waals surface area (Å²) in [7, 11) is -3.56. The van der Waals surface area contributed by atoms with Gasteiger partial charge >= 0.3 is 6.03 Å². The third-order valence-corrected chi connectivity index (χ3v) is 7.87. The summed E-state index contributed by atoms with van der Waals surface area (Å²) in [5.41, 5.74) is 0.868. The summed E-state index contributed by atoms with van der Waals surface area (Å²) in [6.07, 6.45) is 2.78. The van der Waals surface area contributed by atoms with Gasteiger partial charge in [-0.2, -0.15) is 4.31 Å². The van der Waals surface area contributed by atoms with Crippen LogP contribution in [0.5, 0.6) is 0 Å². The molecule has 1 N–H and O–H groups in total. The van der Waals surface area contributed by atoms with Crippen LogP contribution >= 0.6 is 11.8 Å². The maximum atomic E-state index is 12.9. The highest BCUT2D eigenvalue weighted by Gasteiger charge is 2.31. The maximum absolute atomic E-state index is 12.9. The molecule has 11 heteroatoms. The lowest BCUT2D eigenvalue weighted by Crippen LogP contribution is -2.38. The fourth-order valence-corrected chi connectivity index (χ4v) is 5.81. The molecule has 2 aliphatic rings. The molecular weight excluding hydrogens is 416 g/mol. The van der Waals surface area contributed by atoms with Gasteiger partial charge in [0.1, 0.15) is 5.52 Å². The minimum Gasteiger partial charge on any atom is -0.431 e. The van der Waals surface area contributed by atoms with Crippen molar-refractivity contribution in [2.24, 2.45) is 0 Å². The second kappa shape index (κ2) is 7.96. The molecule has 1 aromatic carbocycles. The highest BCUT2D eigenvalue weighted by atomic mass is 32.2. The molecule has 0 bridgehead atoms. The SMILES string of the molecule is C[C@@H](Sc1nc2cc(S(=O)(=O)N3CCCCC3)ccc2o1)C(=O)N1CCNC1=O. The van der Waals surface area contributed by atoms with Crippen molar-refractivity contribution in [1.82, 2.24) is 19.5 Å². The molecule has 2 saturated heterocycles. The Morgan fingerprint density at radius 2 is 2.00 bits per heavy atom. The van der Waals surface area contributed by atoms with Crippen molar-refractivity contribution in [1.29, 1.82) is 0 Å². The molecule has 156 valence electrons. The van der Waals surface area contributed by atoms with Gasteiger partial charge in [0.15, 0.2) is 5.58 Å². The van der Waals surface area contributed by atoms with Crippen LogP contribution in [0.4, 0.5) is 4.79 Å². The van der Waals surface area contributed by atoms with Gasteiger partial charge in [0.25, 0.3) is 5.22 Å². The summed E-state index contributed by atoms with van der Waals surface area (Å²) < 4.78 is 32.9. The van der Waals surface area contributed by atoms with Gasteiger partial charge in [-0.15, -0.1) is 0 Å². The highest BCUT2D eigenvalue weighted by molar-refractivity contribution is 8.00. The van der Waals surface area contributed by atoms with Crippen molar-refractivity contribution in [3.63, 3.8) is 0 Å². The molecule has 1 aromatic heterocycles. The minimum atomic E-state index is -3.56. The first-order chi connectivity index (χ1) is 13.9. The summed E-state index contributed by atoms with van der Waals surface area (Å²) in [6, 6.07) is 4.22. The summed E-state index contributed by atoms with van der Waals surface area (Å²) in [5.74, 6) is -0.319. The largest absolute Gasteiger partial charge is 0.431 e. The second-order valence-corrected chi connectivity index (χ2v) is 10.3. The maximum Gasteiger partial charge on any atom is 0.324 e. The van der Waals surface area contributed by atoms with Crippen LogP contribution < -0.4 is 5.32 Å². The number of nitrogens with one attached hydrogen (secondary N) is 1. The van der Waals surface area contributed by atoms with E-state index in [1.54, 1.807) is 13.0 Å². The van der Waals surface area contributed by atoms with Gasteiger partial charge in [-0.05, 0) is 38.0 Å². The molecular formula is C18H22N4O5S2. The van der Waals surface area contributed by atoms with Gasteiger partial charge < -0.3 is 9.73 Å². The number of carbonyl (C=O) groups is 2. The Morgan fingerprint density at radius 1 is 1.24 bits per heavy atom. The van der Waals surface area contributed by atoms with Gasteiger partial charge in [0.2, 0.25) is 15.9 Å². The number of urea groups is 1. The number of amides is 3. The molecule has 0 spiro atoms. The third kappa shape index (κ3) is 3.99. The molecule has 1 atom stereocenters. The number of nitrogens with zero attached hydrogens (tertiary/aromatic N) is 3. The lowest BCUT2D eigenvalue weighted by molar-refractivity contribution is -0.126. The number of carbonyl (C=O) groups excluding carboxylic acids is 2. The van der Waals surface area contributed by atoms with E-state index in [-0.39, 0.29) is 16.0 Å². The zero-order chi connectivity index (χ0) is 20.6. The molecule has 0 unspecified atom stereocenters. The molecule has 0 radical (unpaired) electrons. The van der Waals surface area contributed by atoms with Gasteiger partial charge in [0, 0.05) is 26.2 Å². The normalized spacial score (nSPS) is 19.5. The number of thioether (sulfide) groups is 1. The Hall–Kier alpha value is -2.11. The van der Waals surface area contributed by atoms with Crippen LogP contribution in [0.3, 0.4) is 0 Å². The minimum absolute atomic E-state index is 0.189. The summed E-state index contributed by atoms with van der Waals surface area (Å²) in [4.78, 5) is 29.8. The lowest BCUT2D eigenvalue weighted by atomic mass is 10.2. The molecule has 9 nitrogen and oxygen atoms in total. The van der Waals surface area contributed by atoms with E-state index in [1.165, 1.54) is 21.3 Å². The number of piperidine rings is 1. The van der Waals surface area contributed by atoms with Crippen LogP contribution in [0, 0.1) is 0 Å². The van der Waals surface area contributed by atoms with Crippen LogP contribution in [0.1, 0.15) is 26.2 Å². The highest BCUT2D eigenvalue weighted by Crippen LogP contribution is 2.30. The van der Waals surface area contributed by atoms with Crippen LogP contribution in [0.25, 0.3) is 11.1 Å². The fourth-order valence-electron chi connectivity index (χ4n) is 3.45. The van der Waals surface area contributed by atoms with Gasteiger partial charge in [-0.1, -0.05) is 18.2 Å². The van der Waals surface area contributed by atoms with E-state index in [0.29, 0.717) is 37.3 Å². The zero-order valence-corrected chi connectivity index (χ0v) is 17.6. The van der Waals surface area contributed by atoms with E-state index < -0.39 is 21.3 Å². The van der Waals surface area contributed by atoms with Crippen molar-refractivity contribution >= 4 is 44.8 Å². The van der Waals surface area contributed by atoms with Crippen LogP contribution in [-0.2, 0) is 14.8 Å². The number of benzene rings is 1. The van der Waals surface area contributed by atoms with Crippen molar-refractivity contribution in [3.05, 3.63) is 18.2 Å². The summed E-state index contributed by atoms with van der Waals surface area (Å²) >= 11 is 1.10. The predicted molar refractivity (Wildman–Crippen MR) is 107 cm³/mol. The molecule has 2 aromatic rings. The number of aromatic nitrogens is 1. The van der Waals surface area contributed by atoms with Gasteiger partial charge in [0.05, 0.1) is 10.1 Å². The molecule has 0 saturated carbocycles. The van der Waals surface area contributed by atoms with E-state index >= 15 is 0 Å². The quantitative estimate of drug-likeness (QED) is 0.711. The Kier molecular flexibility index (Phi) is 5.54. The topological polar surface area (TPSA) is 113 Å². The Balaban J connectivity index is 1.52. The van der Waals surface area contributed by atoms with Gasteiger partial charge in [-0.3, -0.25) is 9.69 Å². The molecule has 3 amide bonds. The van der Waals surface area contributed by atoms with E-state index in [0.717, 1.165) is 31.0 Å². The van der Waals surface area contributed by atoms with Crippen molar-refractivity contribution in [3.8, 4) is 0 Å². The van der Waals surface area contributed by atoms with Gasteiger partial charge in [-0.25, -0.2) is 18.2 Å². The third-order valence-electron chi connectivity index (χ3n) is 5.04. The zero-order valence-electron chi connectivity index (χ0n) is 16.0. The van der Waals surface area contributed by atoms with Crippen molar-refractivity contribution in [2.75, 3.05) is 26.2 Å². The Morgan fingerprint density at radius 3 is 2.69 bits per heavy atom.